The first-order chi connectivity index (χ1) is 16.4. The van der Waals surface area contributed by atoms with E-state index in [1.165, 1.54) is 12.1 Å². The lowest BCUT2D eigenvalue weighted by molar-refractivity contribution is -0.130. The van der Waals surface area contributed by atoms with Gasteiger partial charge in [0.1, 0.15) is 5.82 Å². The van der Waals surface area contributed by atoms with Crippen molar-refractivity contribution in [1.82, 2.24) is 20.0 Å². The molecule has 1 aliphatic rings. The second-order valence-electron chi connectivity index (χ2n) is 8.79. The van der Waals surface area contributed by atoms with E-state index in [0.717, 1.165) is 67.0 Å². The van der Waals surface area contributed by atoms with Gasteiger partial charge in [-0.2, -0.15) is 5.10 Å². The summed E-state index contributed by atoms with van der Waals surface area (Å²) in [6, 6.07) is 6.56. The molecule has 2 heterocycles. The zero-order valence-electron chi connectivity index (χ0n) is 20.9. The molecule has 1 amide bonds. The summed E-state index contributed by atoms with van der Waals surface area (Å²) >= 11 is 0. The number of rotatable bonds is 9. The quantitative estimate of drug-likeness (QED) is 0.465. The number of nitrogens with zero attached hydrogens (tertiary/aromatic N) is 3. The number of amides is 1. The number of nitrogens with one attached hydrogen (secondary N) is 1. The number of piperidine rings is 1. The van der Waals surface area contributed by atoms with Gasteiger partial charge < -0.3 is 10.2 Å². The maximum atomic E-state index is 13.4. The van der Waals surface area contributed by atoms with Crippen molar-refractivity contribution >= 4 is 17.6 Å². The minimum atomic E-state index is -0.278. The van der Waals surface area contributed by atoms with Gasteiger partial charge in [0, 0.05) is 42.9 Å². The van der Waals surface area contributed by atoms with Gasteiger partial charge in [0.15, 0.2) is 0 Å². The Morgan fingerprint density at radius 1 is 1.32 bits per heavy atom. The maximum Gasteiger partial charge on any atom is 0.219 e. The molecule has 1 fully saturated rings. The Bertz CT molecular complexity index is 1050. The van der Waals surface area contributed by atoms with E-state index in [1.54, 1.807) is 29.8 Å². The zero-order chi connectivity index (χ0) is 24.7. The monoisotopic (exact) mass is 464 g/mol. The standard InChI is InChI=1S/C28H37FN4O/c1-6-11-27(31-26(8-3)21-12-10-17-32(19-21)20(5)34)24(7-2)25-18-30-33(28(25)9-4)23-15-13-22(29)14-16-23/h7,9,11,13-16,18,21,26,31H,4,6,8,10,12,17,19H2,1-3,5H3/b24-7+,27-11+. The lowest BCUT2D eigenvalue weighted by atomic mass is 9.88. The molecule has 34 heavy (non-hydrogen) atoms. The summed E-state index contributed by atoms with van der Waals surface area (Å²) < 4.78 is 15.2. The molecule has 1 saturated heterocycles. The maximum absolute atomic E-state index is 13.4. The molecule has 0 spiro atoms. The second-order valence-corrected chi connectivity index (χ2v) is 8.79. The van der Waals surface area contributed by atoms with Crippen molar-refractivity contribution < 1.29 is 9.18 Å². The number of benzene rings is 1. The third-order valence-electron chi connectivity index (χ3n) is 6.60. The molecule has 2 unspecified atom stereocenters. The number of carbonyl (C=O) groups excluding carboxylic acids is 1. The summed E-state index contributed by atoms with van der Waals surface area (Å²) in [4.78, 5) is 13.9. The SMILES string of the molecule is C=Cc1c(C(=C\C)/C(=C\CC)NC(CC)C2CCCN(C(C)=O)C2)cnn1-c1ccc(F)cc1. The van der Waals surface area contributed by atoms with E-state index >= 15 is 0 Å². The average Bonchev–Trinajstić information content (AvgIpc) is 3.27. The van der Waals surface area contributed by atoms with Gasteiger partial charge in [0.25, 0.3) is 0 Å². The van der Waals surface area contributed by atoms with Crippen LogP contribution in [0.3, 0.4) is 0 Å². The molecule has 1 N–H and O–H groups in total. The van der Waals surface area contributed by atoms with E-state index < -0.39 is 0 Å². The predicted octanol–water partition coefficient (Wildman–Crippen LogP) is 5.98. The molecule has 0 saturated carbocycles. The summed E-state index contributed by atoms with van der Waals surface area (Å²) in [6.45, 7) is 13.7. The highest BCUT2D eigenvalue weighted by Gasteiger charge is 2.28. The molecule has 0 aliphatic carbocycles. The number of hydrogen-bond acceptors (Lipinski definition) is 3. The van der Waals surface area contributed by atoms with Gasteiger partial charge >= 0.3 is 0 Å². The van der Waals surface area contributed by atoms with Gasteiger partial charge in [-0.05, 0) is 68.9 Å². The van der Waals surface area contributed by atoms with Crippen LogP contribution in [0.15, 0.2) is 54.9 Å². The molecule has 5 nitrogen and oxygen atoms in total. The Hall–Kier alpha value is -3.15. The van der Waals surface area contributed by atoms with Crippen LogP contribution in [0.25, 0.3) is 17.3 Å². The van der Waals surface area contributed by atoms with Gasteiger partial charge in [-0.15, -0.1) is 0 Å². The van der Waals surface area contributed by atoms with E-state index in [2.05, 4.69) is 43.0 Å². The summed E-state index contributed by atoms with van der Waals surface area (Å²) in [5.41, 5.74) is 4.74. The third-order valence-corrected chi connectivity index (χ3v) is 6.60. The Morgan fingerprint density at radius 2 is 2.06 bits per heavy atom. The van der Waals surface area contributed by atoms with Gasteiger partial charge in [0.05, 0.1) is 17.6 Å². The van der Waals surface area contributed by atoms with E-state index in [0.29, 0.717) is 5.92 Å². The molecular formula is C28H37FN4O. The molecule has 182 valence electrons. The number of allylic oxidation sites excluding steroid dienone is 3. The highest BCUT2D eigenvalue weighted by Crippen LogP contribution is 2.30. The van der Waals surface area contributed by atoms with Crippen molar-refractivity contribution in [3.8, 4) is 5.69 Å². The molecule has 1 aromatic heterocycles. The van der Waals surface area contributed by atoms with Crippen molar-refractivity contribution in [3.63, 3.8) is 0 Å². The minimum absolute atomic E-state index is 0.154. The Balaban J connectivity index is 1.91. The Morgan fingerprint density at radius 3 is 2.65 bits per heavy atom. The largest absolute Gasteiger partial charge is 0.382 e. The van der Waals surface area contributed by atoms with Crippen molar-refractivity contribution in [1.29, 1.82) is 0 Å². The second kappa shape index (κ2) is 11.8. The van der Waals surface area contributed by atoms with E-state index in [-0.39, 0.29) is 17.8 Å². The smallest absolute Gasteiger partial charge is 0.219 e. The lowest BCUT2D eigenvalue weighted by Gasteiger charge is -2.37. The molecule has 0 bridgehead atoms. The number of likely N-dealkylation sites (tertiary alicyclic amines) is 1. The zero-order valence-corrected chi connectivity index (χ0v) is 20.9. The molecule has 1 aromatic carbocycles. The van der Waals surface area contributed by atoms with Gasteiger partial charge in [-0.1, -0.05) is 32.6 Å². The fourth-order valence-corrected chi connectivity index (χ4v) is 4.83. The van der Waals surface area contributed by atoms with Crippen molar-refractivity contribution in [2.24, 2.45) is 5.92 Å². The molecule has 3 rings (SSSR count). The van der Waals surface area contributed by atoms with Gasteiger partial charge in [-0.25, -0.2) is 9.07 Å². The fraction of sp³-hybridized carbons (Fsp3) is 0.429. The summed E-state index contributed by atoms with van der Waals surface area (Å²) in [6.07, 6.45) is 12.0. The highest BCUT2D eigenvalue weighted by molar-refractivity contribution is 5.82. The van der Waals surface area contributed by atoms with Crippen LogP contribution in [0.5, 0.6) is 0 Å². The molecule has 2 atom stereocenters. The molecule has 0 radical (unpaired) electrons. The lowest BCUT2D eigenvalue weighted by Crippen LogP contribution is -2.46. The highest BCUT2D eigenvalue weighted by atomic mass is 19.1. The normalized spacial score (nSPS) is 18.0. The van der Waals surface area contributed by atoms with Crippen molar-refractivity contribution in [2.75, 3.05) is 13.1 Å². The van der Waals surface area contributed by atoms with E-state index in [1.807, 2.05) is 18.0 Å². The van der Waals surface area contributed by atoms with Crippen LogP contribution in [-0.4, -0.2) is 39.7 Å². The summed E-state index contributed by atoms with van der Waals surface area (Å²) in [5, 5.41) is 8.42. The van der Waals surface area contributed by atoms with E-state index in [9.17, 15) is 9.18 Å². The first-order valence-electron chi connectivity index (χ1n) is 12.3. The number of halogens is 1. The first kappa shape index (κ1) is 25.5. The average molecular weight is 465 g/mol. The van der Waals surface area contributed by atoms with Crippen LogP contribution in [-0.2, 0) is 4.79 Å². The first-order valence-corrected chi connectivity index (χ1v) is 12.3. The number of carbonyl (C=O) groups is 1. The topological polar surface area (TPSA) is 50.2 Å². The van der Waals surface area contributed by atoms with Crippen LogP contribution < -0.4 is 5.32 Å². The Labute approximate surface area is 203 Å². The van der Waals surface area contributed by atoms with Crippen molar-refractivity contribution in [2.45, 2.75) is 59.4 Å². The number of aromatic nitrogens is 2. The summed E-state index contributed by atoms with van der Waals surface area (Å²) in [5.74, 6) is 0.281. The van der Waals surface area contributed by atoms with Gasteiger partial charge in [-0.3, -0.25) is 4.79 Å². The van der Waals surface area contributed by atoms with Crippen LogP contribution in [0, 0.1) is 11.7 Å². The number of hydrogen-bond donors (Lipinski definition) is 1. The van der Waals surface area contributed by atoms with Crippen LogP contribution >= 0.6 is 0 Å². The van der Waals surface area contributed by atoms with Crippen LogP contribution in [0.4, 0.5) is 4.39 Å². The van der Waals surface area contributed by atoms with E-state index in [4.69, 9.17) is 0 Å². The molecular weight excluding hydrogens is 427 g/mol. The third kappa shape index (κ3) is 5.66. The Kier molecular flexibility index (Phi) is 8.85. The van der Waals surface area contributed by atoms with Gasteiger partial charge in [0.2, 0.25) is 5.91 Å². The predicted molar refractivity (Wildman–Crippen MR) is 138 cm³/mol. The minimum Gasteiger partial charge on any atom is -0.382 e. The summed E-state index contributed by atoms with van der Waals surface area (Å²) in [7, 11) is 0. The van der Waals surface area contributed by atoms with Crippen LogP contribution in [0.2, 0.25) is 0 Å². The molecule has 6 heteroatoms. The fourth-order valence-electron chi connectivity index (χ4n) is 4.83. The molecule has 2 aromatic rings. The molecule has 1 aliphatic heterocycles. The van der Waals surface area contributed by atoms with Crippen LogP contribution in [0.1, 0.15) is 64.6 Å². The van der Waals surface area contributed by atoms with Crippen molar-refractivity contribution in [3.05, 3.63) is 72.0 Å².